The summed E-state index contributed by atoms with van der Waals surface area (Å²) in [4.78, 5) is 10.7. The Balaban J connectivity index is 3.23. The maximum absolute atomic E-state index is 10.9. The fourth-order valence-corrected chi connectivity index (χ4v) is 0.793. The van der Waals surface area contributed by atoms with Crippen LogP contribution in [0.25, 0.3) is 0 Å². The largest absolute Gasteiger partial charge is 0.508 e. The Morgan fingerprint density at radius 1 is 1.45 bits per heavy atom. The second kappa shape index (κ2) is 2.62. The van der Waals surface area contributed by atoms with E-state index in [0.29, 0.717) is 0 Å². The van der Waals surface area contributed by atoms with Gasteiger partial charge in [0.25, 0.3) is 0 Å². The summed E-state index contributed by atoms with van der Waals surface area (Å²) >= 11 is 0. The first kappa shape index (κ1) is 7.60. The molecule has 0 bridgehead atoms. The predicted octanol–water partition coefficient (Wildman–Crippen LogP) is 1.74. The number of carbonyl (C=O) groups excluding carboxylic acids is 1. The number of Topliss-reactive ketones (excluding diaryl/α,β-unsaturated/α-hetero) is 1. The SMILES string of the molecule is CC(=O)c1cc(O)ccc1[O]. The minimum absolute atomic E-state index is 0.0324. The smallest absolute Gasteiger partial charge is 0.189 e. The Labute approximate surface area is 63.9 Å². The highest BCUT2D eigenvalue weighted by Crippen LogP contribution is 2.22. The molecule has 0 saturated carbocycles. The van der Waals surface area contributed by atoms with Crippen LogP contribution in [0.1, 0.15) is 17.3 Å². The van der Waals surface area contributed by atoms with Crippen molar-refractivity contribution in [1.82, 2.24) is 0 Å². The van der Waals surface area contributed by atoms with Crippen LogP contribution in [0.4, 0.5) is 0 Å². The number of rotatable bonds is 1. The standard InChI is InChI=1S/C8H7O3/c1-5(9)7-4-6(10)2-3-8(7)11/h2-4,10H,1H3. The average molecular weight is 151 g/mol. The summed E-state index contributed by atoms with van der Waals surface area (Å²) in [5.41, 5.74) is 0.0324. The van der Waals surface area contributed by atoms with Gasteiger partial charge in [0.05, 0.1) is 5.56 Å². The minimum Gasteiger partial charge on any atom is -0.508 e. The van der Waals surface area contributed by atoms with Crippen LogP contribution in [0.2, 0.25) is 0 Å². The Hall–Kier alpha value is -1.51. The number of benzene rings is 1. The van der Waals surface area contributed by atoms with E-state index in [1.807, 2.05) is 0 Å². The van der Waals surface area contributed by atoms with Crippen molar-refractivity contribution in [1.29, 1.82) is 0 Å². The monoisotopic (exact) mass is 151 g/mol. The van der Waals surface area contributed by atoms with Gasteiger partial charge in [0, 0.05) is 0 Å². The van der Waals surface area contributed by atoms with Gasteiger partial charge in [0.2, 0.25) is 0 Å². The molecule has 0 saturated heterocycles. The first-order chi connectivity index (χ1) is 5.11. The van der Waals surface area contributed by atoms with Crippen LogP contribution in [0.3, 0.4) is 0 Å². The lowest BCUT2D eigenvalue weighted by molar-refractivity contribution is 0.101. The molecule has 11 heavy (non-hydrogen) atoms. The van der Waals surface area contributed by atoms with Crippen LogP contribution in [0, 0.1) is 0 Å². The number of hydrogen-bond donors (Lipinski definition) is 1. The van der Waals surface area contributed by atoms with Gasteiger partial charge in [-0.05, 0) is 25.1 Å². The zero-order valence-corrected chi connectivity index (χ0v) is 6.00. The molecule has 0 aliphatic rings. The van der Waals surface area contributed by atoms with Crippen LogP contribution < -0.4 is 0 Å². The summed E-state index contributed by atoms with van der Waals surface area (Å²) in [5, 5.41) is 19.8. The van der Waals surface area contributed by atoms with Crippen molar-refractivity contribution in [2.45, 2.75) is 6.92 Å². The summed E-state index contributed by atoms with van der Waals surface area (Å²) < 4.78 is 0. The van der Waals surface area contributed by atoms with E-state index >= 15 is 0 Å². The molecule has 1 N–H and O–H groups in total. The van der Waals surface area contributed by atoms with Crippen molar-refractivity contribution in [2.24, 2.45) is 0 Å². The Kier molecular flexibility index (Phi) is 1.81. The van der Waals surface area contributed by atoms with Crippen molar-refractivity contribution in [2.75, 3.05) is 0 Å². The van der Waals surface area contributed by atoms with Crippen molar-refractivity contribution in [3.63, 3.8) is 0 Å². The molecule has 0 unspecified atom stereocenters. The van der Waals surface area contributed by atoms with Gasteiger partial charge in [-0.25, -0.2) is 0 Å². The lowest BCUT2D eigenvalue weighted by Crippen LogP contribution is -1.90. The molecule has 57 valence electrons. The second-order valence-corrected chi connectivity index (χ2v) is 2.24. The summed E-state index contributed by atoms with van der Waals surface area (Å²) in [5.74, 6) is -0.740. The highest BCUT2D eigenvalue weighted by Gasteiger charge is 2.07. The van der Waals surface area contributed by atoms with Crippen LogP contribution in [0.15, 0.2) is 18.2 Å². The van der Waals surface area contributed by atoms with Crippen LogP contribution in [0.5, 0.6) is 11.5 Å². The topological polar surface area (TPSA) is 57.2 Å². The van der Waals surface area contributed by atoms with Gasteiger partial charge >= 0.3 is 0 Å². The van der Waals surface area contributed by atoms with E-state index in [1.54, 1.807) is 0 Å². The lowest BCUT2D eigenvalue weighted by Gasteiger charge is -1.96. The van der Waals surface area contributed by atoms with Gasteiger partial charge in [0.15, 0.2) is 11.5 Å². The summed E-state index contributed by atoms with van der Waals surface area (Å²) in [6.45, 7) is 1.29. The van der Waals surface area contributed by atoms with Crippen molar-refractivity contribution in [3.05, 3.63) is 23.8 Å². The van der Waals surface area contributed by atoms with Gasteiger partial charge in [-0.1, -0.05) is 0 Å². The van der Waals surface area contributed by atoms with E-state index in [9.17, 15) is 9.90 Å². The third-order valence-electron chi connectivity index (χ3n) is 1.34. The van der Waals surface area contributed by atoms with Crippen LogP contribution in [-0.2, 0) is 5.11 Å². The predicted molar refractivity (Wildman–Crippen MR) is 38.2 cm³/mol. The molecule has 3 heteroatoms. The molecule has 3 nitrogen and oxygen atoms in total. The molecule has 0 aliphatic carbocycles. The maximum Gasteiger partial charge on any atom is 0.189 e. The second-order valence-electron chi connectivity index (χ2n) is 2.24. The Morgan fingerprint density at radius 2 is 2.09 bits per heavy atom. The summed E-state index contributed by atoms with van der Waals surface area (Å²) in [6.07, 6.45) is 0. The number of phenolic OH excluding ortho intramolecular Hbond substituents is 1. The molecular formula is C8H7O3. The first-order valence-electron chi connectivity index (χ1n) is 3.12. The Morgan fingerprint density at radius 3 is 2.55 bits per heavy atom. The molecule has 1 radical (unpaired) electrons. The molecule has 1 aromatic carbocycles. The van der Waals surface area contributed by atoms with E-state index < -0.39 is 0 Å². The maximum atomic E-state index is 10.9. The summed E-state index contributed by atoms with van der Waals surface area (Å²) in [7, 11) is 0. The number of hydrogen-bond acceptors (Lipinski definition) is 2. The molecular weight excluding hydrogens is 144 g/mol. The third-order valence-corrected chi connectivity index (χ3v) is 1.34. The number of phenols is 1. The fourth-order valence-electron chi connectivity index (χ4n) is 0.793. The van der Waals surface area contributed by atoms with Gasteiger partial charge in [-0.2, -0.15) is 0 Å². The molecule has 0 fully saturated rings. The van der Waals surface area contributed by atoms with Gasteiger partial charge in [0.1, 0.15) is 5.75 Å². The van der Waals surface area contributed by atoms with Gasteiger partial charge < -0.3 is 5.11 Å². The number of ketones is 1. The molecule has 0 atom stereocenters. The zero-order chi connectivity index (χ0) is 8.43. The zero-order valence-electron chi connectivity index (χ0n) is 6.00. The molecule has 1 aromatic rings. The van der Waals surface area contributed by atoms with E-state index in [0.717, 1.165) is 0 Å². The fraction of sp³-hybridized carbons (Fsp3) is 0.125. The molecule has 0 heterocycles. The summed E-state index contributed by atoms with van der Waals surface area (Å²) in [6, 6.07) is 3.60. The van der Waals surface area contributed by atoms with Crippen LogP contribution in [-0.4, -0.2) is 10.9 Å². The first-order valence-corrected chi connectivity index (χ1v) is 3.12. The molecule has 0 spiro atoms. The highest BCUT2D eigenvalue weighted by molar-refractivity contribution is 5.97. The van der Waals surface area contributed by atoms with Crippen LogP contribution >= 0.6 is 0 Å². The van der Waals surface area contributed by atoms with E-state index in [2.05, 4.69) is 0 Å². The highest BCUT2D eigenvalue weighted by atomic mass is 16.3. The molecule has 0 aliphatic heterocycles. The van der Waals surface area contributed by atoms with E-state index in [1.165, 1.54) is 25.1 Å². The van der Waals surface area contributed by atoms with Gasteiger partial charge in [-0.15, -0.1) is 0 Å². The van der Waals surface area contributed by atoms with Crippen molar-refractivity contribution < 1.29 is 15.0 Å². The molecule has 0 aromatic heterocycles. The van der Waals surface area contributed by atoms with E-state index in [4.69, 9.17) is 5.11 Å². The van der Waals surface area contributed by atoms with E-state index in [-0.39, 0.29) is 22.8 Å². The molecule has 1 rings (SSSR count). The quantitative estimate of drug-likeness (QED) is 0.621. The minimum atomic E-state index is -0.352. The van der Waals surface area contributed by atoms with Crippen molar-refractivity contribution >= 4 is 5.78 Å². The lowest BCUT2D eigenvalue weighted by atomic mass is 10.1. The normalized spacial score (nSPS) is 9.55. The van der Waals surface area contributed by atoms with Crippen molar-refractivity contribution in [3.8, 4) is 11.5 Å². The van der Waals surface area contributed by atoms with Gasteiger partial charge in [-0.3, -0.25) is 9.90 Å². The Bertz CT molecular complexity index is 291. The number of carbonyl (C=O) groups is 1. The third kappa shape index (κ3) is 1.49. The molecule has 0 amide bonds. The number of aromatic hydroxyl groups is 1. The average Bonchev–Trinajstić information content (AvgIpc) is 1.94.